The largest absolute Gasteiger partial charge is 0.480 e. The monoisotopic (exact) mass is 276 g/mol. The number of nitrogens with zero attached hydrogens (tertiary/aromatic N) is 4. The van der Waals surface area contributed by atoms with E-state index in [1.807, 2.05) is 0 Å². The minimum atomic E-state index is -1.12. The van der Waals surface area contributed by atoms with Crippen LogP contribution >= 0.6 is 0 Å². The molecule has 0 saturated carbocycles. The third-order valence-electron chi connectivity index (χ3n) is 2.39. The van der Waals surface area contributed by atoms with Crippen LogP contribution in [0, 0.1) is 10.1 Å². The van der Waals surface area contributed by atoms with E-state index in [9.17, 15) is 19.7 Å². The molecule has 0 spiro atoms. The molecular weight excluding hydrogens is 268 g/mol. The number of aliphatic carboxylic acids is 1. The Kier molecular flexibility index (Phi) is 3.51. The molecule has 0 radical (unpaired) electrons. The number of carbonyl (C=O) groups excluding carboxylic acids is 1. The summed E-state index contributed by atoms with van der Waals surface area (Å²) in [5, 5.41) is 26.3. The van der Waals surface area contributed by atoms with Gasteiger partial charge in [-0.15, -0.1) is 5.10 Å². The predicted molar refractivity (Wildman–Crippen MR) is 64.2 cm³/mol. The number of nitro groups is 1. The maximum atomic E-state index is 12.0. The lowest BCUT2D eigenvalue weighted by molar-refractivity contribution is -0.384. The average Bonchev–Trinajstić information content (AvgIpc) is 2.85. The molecule has 20 heavy (non-hydrogen) atoms. The SMILES string of the molecule is O=C(O)Cn1cc(C(=O)c2cccc([N+](=O)[O-])c2)nn1. The Morgan fingerprint density at radius 3 is 2.80 bits per heavy atom. The van der Waals surface area contributed by atoms with Crippen LogP contribution < -0.4 is 0 Å². The Labute approximate surface area is 111 Å². The number of aromatic nitrogens is 3. The molecule has 0 bridgehead atoms. The summed E-state index contributed by atoms with van der Waals surface area (Å²) in [5.74, 6) is -1.69. The third-order valence-corrected chi connectivity index (χ3v) is 2.39. The molecule has 1 heterocycles. The second-order valence-corrected chi connectivity index (χ2v) is 3.83. The molecule has 0 atom stereocenters. The molecule has 1 aromatic carbocycles. The van der Waals surface area contributed by atoms with Gasteiger partial charge in [-0.2, -0.15) is 0 Å². The zero-order valence-corrected chi connectivity index (χ0v) is 9.96. The van der Waals surface area contributed by atoms with Crippen molar-refractivity contribution in [2.24, 2.45) is 0 Å². The summed E-state index contributed by atoms with van der Waals surface area (Å²) in [5.41, 5.74) is -0.206. The topological polar surface area (TPSA) is 128 Å². The van der Waals surface area contributed by atoms with E-state index in [1.54, 1.807) is 0 Å². The van der Waals surface area contributed by atoms with Gasteiger partial charge in [-0.05, 0) is 0 Å². The summed E-state index contributed by atoms with van der Waals surface area (Å²) >= 11 is 0. The standard InChI is InChI=1S/C11H8N4O5/c16-10(17)6-14-5-9(12-13-14)11(18)7-2-1-3-8(4-7)15(19)20/h1-5H,6H2,(H,16,17). The number of hydrogen-bond acceptors (Lipinski definition) is 6. The van der Waals surface area contributed by atoms with Crippen molar-refractivity contribution in [3.63, 3.8) is 0 Å². The van der Waals surface area contributed by atoms with E-state index in [-0.39, 0.29) is 16.9 Å². The van der Waals surface area contributed by atoms with E-state index in [2.05, 4.69) is 10.3 Å². The molecule has 2 rings (SSSR count). The molecule has 0 aliphatic carbocycles. The number of non-ortho nitro benzene ring substituents is 1. The van der Waals surface area contributed by atoms with Gasteiger partial charge in [0, 0.05) is 17.7 Å². The molecule has 0 saturated heterocycles. The smallest absolute Gasteiger partial charge is 0.325 e. The van der Waals surface area contributed by atoms with Crippen LogP contribution in [0.2, 0.25) is 0 Å². The van der Waals surface area contributed by atoms with Gasteiger partial charge < -0.3 is 5.11 Å². The Bertz CT molecular complexity index is 694. The summed E-state index contributed by atoms with van der Waals surface area (Å²) in [6.45, 7) is -0.421. The van der Waals surface area contributed by atoms with Crippen molar-refractivity contribution in [1.29, 1.82) is 0 Å². The number of nitro benzene ring substituents is 1. The number of benzene rings is 1. The van der Waals surface area contributed by atoms with Crippen molar-refractivity contribution in [3.05, 3.63) is 51.8 Å². The maximum Gasteiger partial charge on any atom is 0.325 e. The van der Waals surface area contributed by atoms with Crippen molar-refractivity contribution in [3.8, 4) is 0 Å². The normalized spacial score (nSPS) is 10.2. The van der Waals surface area contributed by atoms with Crippen LogP contribution in [0.15, 0.2) is 30.5 Å². The lowest BCUT2D eigenvalue weighted by Crippen LogP contribution is -2.09. The van der Waals surface area contributed by atoms with Crippen LogP contribution in [0.4, 0.5) is 5.69 Å². The Morgan fingerprint density at radius 2 is 2.15 bits per heavy atom. The first-order chi connectivity index (χ1) is 9.47. The summed E-state index contributed by atoms with van der Waals surface area (Å²) in [4.78, 5) is 32.5. The van der Waals surface area contributed by atoms with E-state index in [0.29, 0.717) is 0 Å². The van der Waals surface area contributed by atoms with Crippen molar-refractivity contribution in [2.45, 2.75) is 6.54 Å². The number of ketones is 1. The fourth-order valence-corrected chi connectivity index (χ4v) is 1.53. The second-order valence-electron chi connectivity index (χ2n) is 3.83. The van der Waals surface area contributed by atoms with Crippen LogP contribution in [0.5, 0.6) is 0 Å². The lowest BCUT2D eigenvalue weighted by Gasteiger charge is -1.97. The number of hydrogen-bond donors (Lipinski definition) is 1. The van der Waals surface area contributed by atoms with Crippen LogP contribution in [0.25, 0.3) is 0 Å². The molecule has 1 N–H and O–H groups in total. The first-order valence-electron chi connectivity index (χ1n) is 5.38. The highest BCUT2D eigenvalue weighted by Gasteiger charge is 2.16. The van der Waals surface area contributed by atoms with Gasteiger partial charge in [-0.25, -0.2) is 4.68 Å². The van der Waals surface area contributed by atoms with E-state index in [4.69, 9.17) is 5.11 Å². The average molecular weight is 276 g/mol. The van der Waals surface area contributed by atoms with E-state index in [0.717, 1.165) is 10.7 Å². The minimum absolute atomic E-state index is 0.0771. The first-order valence-corrected chi connectivity index (χ1v) is 5.38. The molecule has 2 aromatic rings. The van der Waals surface area contributed by atoms with Gasteiger partial charge in [0.05, 0.1) is 11.1 Å². The van der Waals surface area contributed by atoms with Gasteiger partial charge in [0.15, 0.2) is 5.69 Å². The third kappa shape index (κ3) is 2.83. The summed E-state index contributed by atoms with van der Waals surface area (Å²) < 4.78 is 0.993. The van der Waals surface area contributed by atoms with Crippen molar-refractivity contribution < 1.29 is 19.6 Å². The molecule has 0 fully saturated rings. The molecule has 0 aliphatic rings. The molecule has 0 unspecified atom stereocenters. The van der Waals surface area contributed by atoms with Crippen molar-refractivity contribution >= 4 is 17.4 Å². The highest BCUT2D eigenvalue weighted by Crippen LogP contribution is 2.15. The molecule has 9 heteroatoms. The number of carbonyl (C=O) groups is 2. The molecular formula is C11H8N4O5. The van der Waals surface area contributed by atoms with Gasteiger partial charge >= 0.3 is 5.97 Å². The van der Waals surface area contributed by atoms with Crippen LogP contribution in [-0.4, -0.2) is 36.8 Å². The Morgan fingerprint density at radius 1 is 1.40 bits per heavy atom. The summed E-state index contributed by atoms with van der Waals surface area (Å²) in [6, 6.07) is 5.18. The fourth-order valence-electron chi connectivity index (χ4n) is 1.53. The molecule has 0 aliphatic heterocycles. The summed E-state index contributed by atoms with van der Waals surface area (Å²) in [7, 11) is 0. The van der Waals surface area contributed by atoms with Crippen molar-refractivity contribution in [1.82, 2.24) is 15.0 Å². The number of rotatable bonds is 5. The lowest BCUT2D eigenvalue weighted by atomic mass is 10.1. The van der Waals surface area contributed by atoms with Gasteiger partial charge in [0.1, 0.15) is 6.54 Å². The quantitative estimate of drug-likeness (QED) is 0.478. The molecule has 102 valence electrons. The van der Waals surface area contributed by atoms with Crippen molar-refractivity contribution in [2.75, 3.05) is 0 Å². The minimum Gasteiger partial charge on any atom is -0.480 e. The van der Waals surface area contributed by atoms with Gasteiger partial charge in [0.25, 0.3) is 5.69 Å². The molecule has 0 amide bonds. The summed E-state index contributed by atoms with van der Waals surface area (Å²) in [6.07, 6.45) is 1.18. The molecule has 1 aromatic heterocycles. The highest BCUT2D eigenvalue weighted by molar-refractivity contribution is 6.07. The highest BCUT2D eigenvalue weighted by atomic mass is 16.6. The Hall–Kier alpha value is -3.10. The first kappa shape index (κ1) is 13.3. The van der Waals surface area contributed by atoms with E-state index >= 15 is 0 Å². The second kappa shape index (κ2) is 5.26. The van der Waals surface area contributed by atoms with Gasteiger partial charge in [-0.3, -0.25) is 19.7 Å². The predicted octanol–water partition coefficient (Wildman–Crippen LogP) is 0.502. The zero-order valence-electron chi connectivity index (χ0n) is 9.96. The Balaban J connectivity index is 2.27. The van der Waals surface area contributed by atoms with Gasteiger partial charge in [0.2, 0.25) is 5.78 Å². The fraction of sp³-hybridized carbons (Fsp3) is 0.0909. The zero-order chi connectivity index (χ0) is 14.7. The van der Waals surface area contributed by atoms with E-state index < -0.39 is 23.2 Å². The van der Waals surface area contributed by atoms with Crippen LogP contribution in [0.1, 0.15) is 16.1 Å². The van der Waals surface area contributed by atoms with Crippen LogP contribution in [0.3, 0.4) is 0 Å². The maximum absolute atomic E-state index is 12.0. The number of carboxylic acids is 1. The van der Waals surface area contributed by atoms with Gasteiger partial charge in [-0.1, -0.05) is 17.3 Å². The van der Waals surface area contributed by atoms with E-state index in [1.165, 1.54) is 24.4 Å². The number of carboxylic acid groups (broad SMARTS) is 1. The molecule has 9 nitrogen and oxygen atoms in total. The van der Waals surface area contributed by atoms with Crippen LogP contribution in [-0.2, 0) is 11.3 Å².